The van der Waals surface area contributed by atoms with E-state index in [1.807, 2.05) is 0 Å². The third-order valence-corrected chi connectivity index (χ3v) is 4.80. The Morgan fingerprint density at radius 1 is 1.17 bits per heavy atom. The Morgan fingerprint density at radius 2 is 1.72 bits per heavy atom. The Hall–Kier alpha value is -0.160. The zero-order chi connectivity index (χ0) is 13.1. The molecule has 106 valence electrons. The van der Waals surface area contributed by atoms with Gasteiger partial charge in [-0.25, -0.2) is 0 Å². The molecule has 0 spiro atoms. The molecule has 2 aliphatic rings. The quantitative estimate of drug-likeness (QED) is 0.730. The normalized spacial score (nSPS) is 34.2. The van der Waals surface area contributed by atoms with Gasteiger partial charge < -0.3 is 19.7 Å². The van der Waals surface area contributed by atoms with Crippen LogP contribution in [-0.2, 0) is 9.47 Å². The molecule has 0 aliphatic carbocycles. The molecule has 4 heteroatoms. The number of rotatable bonds is 6. The van der Waals surface area contributed by atoms with Gasteiger partial charge in [-0.05, 0) is 52.1 Å². The van der Waals surface area contributed by atoms with Gasteiger partial charge in [-0.15, -0.1) is 0 Å². The van der Waals surface area contributed by atoms with Crippen molar-refractivity contribution in [2.75, 3.05) is 27.8 Å². The van der Waals surface area contributed by atoms with Crippen LogP contribution in [0.1, 0.15) is 32.6 Å². The summed E-state index contributed by atoms with van der Waals surface area (Å²) < 4.78 is 10.6. The molecule has 2 rings (SSSR count). The van der Waals surface area contributed by atoms with Crippen LogP contribution in [0, 0.1) is 5.92 Å². The molecule has 3 unspecified atom stereocenters. The summed E-state index contributed by atoms with van der Waals surface area (Å²) in [7, 11) is 5.69. The van der Waals surface area contributed by atoms with Crippen LogP contribution in [0.2, 0.25) is 0 Å². The highest BCUT2D eigenvalue weighted by atomic mass is 16.7. The lowest BCUT2D eigenvalue weighted by Crippen LogP contribution is -2.46. The molecule has 2 fully saturated rings. The minimum Gasteiger partial charge on any atom is -0.354 e. The molecule has 2 bridgehead atoms. The number of fused-ring (bicyclic) bond motifs is 2. The number of hydrogen-bond donors (Lipinski definition) is 1. The fourth-order valence-corrected chi connectivity index (χ4v) is 3.64. The van der Waals surface area contributed by atoms with Crippen LogP contribution in [0.15, 0.2) is 0 Å². The molecule has 2 saturated heterocycles. The lowest BCUT2D eigenvalue weighted by atomic mass is 9.91. The minimum atomic E-state index is -0.145. The summed E-state index contributed by atoms with van der Waals surface area (Å²) in [5, 5.41) is 3.57. The molecule has 4 nitrogen and oxygen atoms in total. The Kier molecular flexibility index (Phi) is 5.01. The number of piperidine rings is 1. The predicted octanol–water partition coefficient (Wildman–Crippen LogP) is 1.46. The number of methoxy groups -OCH3 is 2. The molecular formula is C14H28N2O2. The van der Waals surface area contributed by atoms with Gasteiger partial charge in [0.25, 0.3) is 0 Å². The molecule has 2 aliphatic heterocycles. The van der Waals surface area contributed by atoms with Crippen LogP contribution >= 0.6 is 0 Å². The van der Waals surface area contributed by atoms with Crippen molar-refractivity contribution in [3.05, 3.63) is 0 Å². The van der Waals surface area contributed by atoms with Crippen molar-refractivity contribution in [1.82, 2.24) is 10.2 Å². The molecule has 0 radical (unpaired) electrons. The maximum atomic E-state index is 5.28. The lowest BCUT2D eigenvalue weighted by molar-refractivity contribution is -0.120. The topological polar surface area (TPSA) is 33.7 Å². The number of ether oxygens (including phenoxy) is 2. The largest absolute Gasteiger partial charge is 0.354 e. The van der Waals surface area contributed by atoms with E-state index in [9.17, 15) is 0 Å². The summed E-state index contributed by atoms with van der Waals surface area (Å²) in [6.45, 7) is 3.21. The van der Waals surface area contributed by atoms with Crippen molar-refractivity contribution >= 4 is 0 Å². The molecule has 2 heterocycles. The maximum absolute atomic E-state index is 5.28. The van der Waals surface area contributed by atoms with Crippen molar-refractivity contribution in [3.63, 3.8) is 0 Å². The van der Waals surface area contributed by atoms with Crippen LogP contribution in [-0.4, -0.2) is 57.1 Å². The van der Waals surface area contributed by atoms with Crippen molar-refractivity contribution in [1.29, 1.82) is 0 Å². The van der Waals surface area contributed by atoms with Crippen molar-refractivity contribution < 1.29 is 9.47 Å². The third-order valence-electron chi connectivity index (χ3n) is 4.80. The monoisotopic (exact) mass is 256 g/mol. The smallest absolute Gasteiger partial charge is 0.171 e. The van der Waals surface area contributed by atoms with Crippen LogP contribution < -0.4 is 5.32 Å². The van der Waals surface area contributed by atoms with Gasteiger partial charge in [0, 0.05) is 26.3 Å². The molecule has 0 aromatic carbocycles. The summed E-state index contributed by atoms with van der Waals surface area (Å²) in [6.07, 6.45) is 5.33. The zero-order valence-electron chi connectivity index (χ0n) is 12.2. The summed E-state index contributed by atoms with van der Waals surface area (Å²) >= 11 is 0. The SMILES string of the molecule is COC(OC)C(C)NCC1CC2CCC(C1)N2C. The van der Waals surface area contributed by atoms with Gasteiger partial charge in [0.1, 0.15) is 0 Å². The fraction of sp³-hybridized carbons (Fsp3) is 1.00. The van der Waals surface area contributed by atoms with Gasteiger partial charge in [0.15, 0.2) is 6.29 Å². The molecule has 0 aromatic rings. The average Bonchev–Trinajstić information content (AvgIpc) is 2.61. The molecular weight excluding hydrogens is 228 g/mol. The lowest BCUT2D eigenvalue weighted by Gasteiger charge is -2.37. The number of nitrogens with one attached hydrogen (secondary N) is 1. The zero-order valence-corrected chi connectivity index (χ0v) is 12.2. The highest BCUT2D eigenvalue weighted by Crippen LogP contribution is 2.37. The standard InChI is InChI=1S/C14H28N2O2/c1-10(14(17-3)18-4)15-9-11-7-12-5-6-13(8-11)16(12)2/h10-15H,5-9H2,1-4H3. The van der Waals surface area contributed by atoms with E-state index in [2.05, 4.69) is 24.2 Å². The second-order valence-corrected chi connectivity index (χ2v) is 5.92. The van der Waals surface area contributed by atoms with Crippen molar-refractivity contribution in [2.45, 2.75) is 57.0 Å². The second kappa shape index (κ2) is 6.33. The Morgan fingerprint density at radius 3 is 2.22 bits per heavy atom. The molecule has 0 saturated carbocycles. The summed E-state index contributed by atoms with van der Waals surface area (Å²) in [5.74, 6) is 0.815. The fourth-order valence-electron chi connectivity index (χ4n) is 3.64. The van der Waals surface area contributed by atoms with Gasteiger partial charge in [-0.3, -0.25) is 0 Å². The van der Waals surface area contributed by atoms with Crippen LogP contribution in [0.4, 0.5) is 0 Å². The first-order chi connectivity index (χ1) is 8.65. The van der Waals surface area contributed by atoms with Gasteiger partial charge in [0.05, 0.1) is 6.04 Å². The van der Waals surface area contributed by atoms with E-state index < -0.39 is 0 Å². The van der Waals surface area contributed by atoms with E-state index in [0.717, 1.165) is 24.5 Å². The van der Waals surface area contributed by atoms with Gasteiger partial charge in [-0.1, -0.05) is 0 Å². The van der Waals surface area contributed by atoms with Crippen molar-refractivity contribution in [2.24, 2.45) is 5.92 Å². The van der Waals surface area contributed by atoms with E-state index >= 15 is 0 Å². The summed E-state index contributed by atoms with van der Waals surface area (Å²) in [4.78, 5) is 2.59. The van der Waals surface area contributed by atoms with E-state index in [-0.39, 0.29) is 12.3 Å². The van der Waals surface area contributed by atoms with E-state index in [4.69, 9.17) is 9.47 Å². The summed E-state index contributed by atoms with van der Waals surface area (Å²) in [6, 6.07) is 1.90. The highest BCUT2D eigenvalue weighted by molar-refractivity contribution is 4.94. The summed E-state index contributed by atoms with van der Waals surface area (Å²) in [5.41, 5.74) is 0. The van der Waals surface area contributed by atoms with Crippen LogP contribution in [0.3, 0.4) is 0 Å². The number of nitrogens with zero attached hydrogens (tertiary/aromatic N) is 1. The van der Waals surface area contributed by atoms with E-state index in [0.29, 0.717) is 0 Å². The Bertz CT molecular complexity index is 244. The first-order valence-electron chi connectivity index (χ1n) is 7.16. The second-order valence-electron chi connectivity index (χ2n) is 5.92. The van der Waals surface area contributed by atoms with Crippen LogP contribution in [0.25, 0.3) is 0 Å². The molecule has 0 amide bonds. The average molecular weight is 256 g/mol. The first-order valence-corrected chi connectivity index (χ1v) is 7.16. The van der Waals surface area contributed by atoms with Gasteiger partial charge in [0.2, 0.25) is 0 Å². The Labute approximate surface area is 111 Å². The van der Waals surface area contributed by atoms with E-state index in [1.54, 1.807) is 14.2 Å². The molecule has 1 N–H and O–H groups in total. The number of hydrogen-bond acceptors (Lipinski definition) is 4. The first kappa shape index (κ1) is 14.3. The molecule has 0 aromatic heterocycles. The molecule has 18 heavy (non-hydrogen) atoms. The van der Waals surface area contributed by atoms with E-state index in [1.165, 1.54) is 25.7 Å². The maximum Gasteiger partial charge on any atom is 0.171 e. The minimum absolute atomic E-state index is 0.145. The van der Waals surface area contributed by atoms with Crippen LogP contribution in [0.5, 0.6) is 0 Å². The third kappa shape index (κ3) is 3.05. The highest BCUT2D eigenvalue weighted by Gasteiger charge is 2.38. The van der Waals surface area contributed by atoms with Gasteiger partial charge in [-0.2, -0.15) is 0 Å². The molecule has 3 atom stereocenters. The Balaban J connectivity index is 1.75. The van der Waals surface area contributed by atoms with Crippen molar-refractivity contribution in [3.8, 4) is 0 Å². The predicted molar refractivity (Wildman–Crippen MR) is 72.6 cm³/mol. The van der Waals surface area contributed by atoms with Gasteiger partial charge >= 0.3 is 0 Å².